The van der Waals surface area contributed by atoms with E-state index in [1.807, 2.05) is 13.8 Å². The van der Waals surface area contributed by atoms with Crippen LogP contribution in [0.4, 0.5) is 0 Å². The van der Waals surface area contributed by atoms with Gasteiger partial charge in [0.25, 0.3) is 0 Å². The molecule has 7 nitrogen and oxygen atoms in total. The predicted molar refractivity (Wildman–Crippen MR) is 115 cm³/mol. The lowest BCUT2D eigenvalue weighted by atomic mass is 9.88. The number of nitrogens with one attached hydrogen (secondary N) is 3. The monoisotopic (exact) mass is 405 g/mol. The lowest BCUT2D eigenvalue weighted by Crippen LogP contribution is -2.51. The first kappa shape index (κ1) is 25.0. The molecule has 3 N–H and O–H groups in total. The van der Waals surface area contributed by atoms with Crippen molar-refractivity contribution in [3.63, 3.8) is 0 Å². The van der Waals surface area contributed by atoms with Crippen LogP contribution in [-0.4, -0.2) is 48.4 Å². The molecule has 0 aromatic heterocycles. The Kier molecular flexibility index (Phi) is 9.64. The smallest absolute Gasteiger partial charge is 0.246 e. The lowest BCUT2D eigenvalue weighted by Gasteiger charge is -2.31. The van der Waals surface area contributed by atoms with E-state index in [4.69, 9.17) is 5.26 Å². The van der Waals surface area contributed by atoms with E-state index in [1.54, 1.807) is 6.19 Å². The van der Waals surface area contributed by atoms with Crippen molar-refractivity contribution in [3.05, 3.63) is 12.3 Å². The largest absolute Gasteiger partial charge is 0.370 e. The van der Waals surface area contributed by atoms with Crippen molar-refractivity contribution in [2.24, 2.45) is 17.3 Å². The van der Waals surface area contributed by atoms with Gasteiger partial charge in [-0.25, -0.2) is 0 Å². The summed E-state index contributed by atoms with van der Waals surface area (Å²) in [7, 11) is 0. The molecule has 164 valence electrons. The second-order valence-electron chi connectivity index (χ2n) is 9.47. The van der Waals surface area contributed by atoms with Gasteiger partial charge in [-0.05, 0) is 30.1 Å². The van der Waals surface area contributed by atoms with Crippen LogP contribution in [0.2, 0.25) is 0 Å². The number of amides is 2. The quantitative estimate of drug-likeness (QED) is 0.362. The molecule has 7 heteroatoms. The Balaban J connectivity index is 2.69. The molecule has 0 radical (unpaired) electrons. The first-order valence-electron chi connectivity index (χ1n) is 10.6. The number of carbonyl (C=O) groups excluding carboxylic acids is 2. The molecule has 0 aliphatic carbocycles. The highest BCUT2D eigenvalue weighted by Gasteiger charge is 2.38. The number of nitrogens with zero attached hydrogens (tertiary/aromatic N) is 2. The molecule has 0 aromatic carbocycles. The first-order chi connectivity index (χ1) is 13.5. The number of likely N-dealkylation sites (tertiary alicyclic amines) is 1. The highest BCUT2D eigenvalue weighted by Crippen LogP contribution is 2.38. The maximum absolute atomic E-state index is 12.8. The summed E-state index contributed by atoms with van der Waals surface area (Å²) in [5, 5.41) is 16.6. The minimum Gasteiger partial charge on any atom is -0.370 e. The Bertz CT molecular complexity index is 623. The zero-order chi connectivity index (χ0) is 22.2. The molecule has 0 spiro atoms. The molecule has 1 aliphatic heterocycles. The van der Waals surface area contributed by atoms with Crippen LogP contribution in [0.1, 0.15) is 60.8 Å². The van der Waals surface area contributed by atoms with Gasteiger partial charge in [-0.15, -0.1) is 0 Å². The van der Waals surface area contributed by atoms with Gasteiger partial charge in [0.2, 0.25) is 11.8 Å². The first-order valence-corrected chi connectivity index (χ1v) is 10.6. The SMILES string of the molecule is C=C(CNC(=O)C(NCC(=O)NC#N)C(C)CC)N1CC(C)(C)CC1CC(C)C. The van der Waals surface area contributed by atoms with Crippen LogP contribution in [0.15, 0.2) is 12.3 Å². The molecule has 0 aromatic rings. The summed E-state index contributed by atoms with van der Waals surface area (Å²) in [4.78, 5) is 26.7. The summed E-state index contributed by atoms with van der Waals surface area (Å²) in [6.07, 6.45) is 4.64. The summed E-state index contributed by atoms with van der Waals surface area (Å²) in [5.74, 6) is 0.0628. The molecule has 1 aliphatic rings. The van der Waals surface area contributed by atoms with Crippen molar-refractivity contribution in [2.75, 3.05) is 19.6 Å². The van der Waals surface area contributed by atoms with Crippen LogP contribution >= 0.6 is 0 Å². The van der Waals surface area contributed by atoms with E-state index in [2.05, 4.69) is 55.1 Å². The Morgan fingerprint density at radius 2 is 1.93 bits per heavy atom. The molecule has 1 rings (SSSR count). The van der Waals surface area contributed by atoms with Gasteiger partial charge >= 0.3 is 0 Å². The highest BCUT2D eigenvalue weighted by molar-refractivity contribution is 5.84. The van der Waals surface area contributed by atoms with E-state index in [0.29, 0.717) is 18.5 Å². The normalized spacial score (nSPS) is 20.1. The van der Waals surface area contributed by atoms with Gasteiger partial charge in [-0.1, -0.05) is 54.5 Å². The number of nitriles is 1. The average molecular weight is 406 g/mol. The van der Waals surface area contributed by atoms with Gasteiger partial charge in [0.05, 0.1) is 19.1 Å². The zero-order valence-corrected chi connectivity index (χ0v) is 19.0. The molecule has 0 bridgehead atoms. The molecule has 1 fully saturated rings. The minimum absolute atomic E-state index is 0.0533. The van der Waals surface area contributed by atoms with Crippen molar-refractivity contribution < 1.29 is 9.59 Å². The molecule has 0 saturated carbocycles. The summed E-state index contributed by atoms with van der Waals surface area (Å²) < 4.78 is 0. The molecule has 3 unspecified atom stereocenters. The highest BCUT2D eigenvalue weighted by atomic mass is 16.2. The molecule has 3 atom stereocenters. The number of hydrogen-bond donors (Lipinski definition) is 3. The van der Waals surface area contributed by atoms with Crippen LogP contribution in [-0.2, 0) is 9.59 Å². The molecule has 2 amide bonds. The number of hydrogen-bond acceptors (Lipinski definition) is 5. The second-order valence-corrected chi connectivity index (χ2v) is 9.47. The molecular weight excluding hydrogens is 366 g/mol. The Hall–Kier alpha value is -2.07. The number of rotatable bonds is 11. The van der Waals surface area contributed by atoms with E-state index >= 15 is 0 Å². The van der Waals surface area contributed by atoms with Crippen molar-refractivity contribution in [1.82, 2.24) is 20.9 Å². The second kappa shape index (κ2) is 11.2. The van der Waals surface area contributed by atoms with Crippen LogP contribution < -0.4 is 16.0 Å². The Morgan fingerprint density at radius 1 is 1.28 bits per heavy atom. The van der Waals surface area contributed by atoms with Gasteiger partial charge in [-0.2, -0.15) is 5.26 Å². The van der Waals surface area contributed by atoms with E-state index in [9.17, 15) is 9.59 Å². The minimum atomic E-state index is -0.501. The Morgan fingerprint density at radius 3 is 2.48 bits per heavy atom. The molecule has 1 heterocycles. The summed E-state index contributed by atoms with van der Waals surface area (Å²) in [5.41, 5.74) is 1.17. The summed E-state index contributed by atoms with van der Waals surface area (Å²) in [6, 6.07) is -0.0497. The van der Waals surface area contributed by atoms with Gasteiger partial charge in [0, 0.05) is 18.3 Å². The van der Waals surface area contributed by atoms with Gasteiger partial charge in [0.1, 0.15) is 0 Å². The summed E-state index contributed by atoms with van der Waals surface area (Å²) >= 11 is 0. The fourth-order valence-electron chi connectivity index (χ4n) is 4.03. The van der Waals surface area contributed by atoms with E-state index in [0.717, 1.165) is 31.5 Å². The zero-order valence-electron chi connectivity index (χ0n) is 19.0. The lowest BCUT2D eigenvalue weighted by molar-refractivity contribution is -0.124. The van der Waals surface area contributed by atoms with Gasteiger partial charge in [0.15, 0.2) is 6.19 Å². The van der Waals surface area contributed by atoms with Gasteiger partial charge in [-0.3, -0.25) is 20.2 Å². The topological polar surface area (TPSA) is 97.3 Å². The fraction of sp³-hybridized carbons (Fsp3) is 0.773. The van der Waals surface area contributed by atoms with E-state index in [-0.39, 0.29) is 23.8 Å². The van der Waals surface area contributed by atoms with Crippen molar-refractivity contribution in [3.8, 4) is 6.19 Å². The maximum atomic E-state index is 12.8. The molecule has 1 saturated heterocycles. The van der Waals surface area contributed by atoms with Crippen molar-refractivity contribution in [1.29, 1.82) is 5.26 Å². The van der Waals surface area contributed by atoms with E-state index < -0.39 is 11.9 Å². The number of carbonyl (C=O) groups is 2. The third kappa shape index (κ3) is 8.06. The average Bonchev–Trinajstić information content (AvgIpc) is 2.93. The van der Waals surface area contributed by atoms with Crippen LogP contribution in [0.5, 0.6) is 0 Å². The van der Waals surface area contributed by atoms with Crippen molar-refractivity contribution >= 4 is 11.8 Å². The van der Waals surface area contributed by atoms with Crippen LogP contribution in [0, 0.1) is 28.7 Å². The van der Waals surface area contributed by atoms with Crippen molar-refractivity contribution in [2.45, 2.75) is 72.9 Å². The molecular formula is C22H39N5O2. The van der Waals surface area contributed by atoms with E-state index in [1.165, 1.54) is 0 Å². The fourth-order valence-corrected chi connectivity index (χ4v) is 4.03. The third-order valence-electron chi connectivity index (χ3n) is 5.62. The standard InChI is InChI=1S/C22H39N5O2/c1-8-16(4)20(24-12-19(28)26-14-23)21(29)25-11-17(5)27-13-22(6,7)10-18(27)9-15(2)3/h15-16,18,20,24H,5,8-13H2,1-4,6-7H3,(H,25,29)(H,26,28). The predicted octanol–water partition coefficient (Wildman–Crippen LogP) is 2.36. The van der Waals surface area contributed by atoms with Crippen LogP contribution in [0.25, 0.3) is 0 Å². The molecule has 29 heavy (non-hydrogen) atoms. The summed E-state index contributed by atoms with van der Waals surface area (Å²) in [6.45, 7) is 18.5. The maximum Gasteiger partial charge on any atom is 0.246 e. The third-order valence-corrected chi connectivity index (χ3v) is 5.62. The van der Waals surface area contributed by atoms with Crippen LogP contribution in [0.3, 0.4) is 0 Å². The van der Waals surface area contributed by atoms with Gasteiger partial charge < -0.3 is 10.2 Å². The Labute approximate surface area is 176 Å².